The first kappa shape index (κ1) is 18.9. The van der Waals surface area contributed by atoms with E-state index in [4.69, 9.17) is 5.11 Å². The lowest BCUT2D eigenvalue weighted by Crippen LogP contribution is -2.44. The quantitative estimate of drug-likeness (QED) is 0.591. The van der Waals surface area contributed by atoms with E-state index in [1.807, 2.05) is 20.8 Å². The van der Waals surface area contributed by atoms with Gasteiger partial charge in [-0.05, 0) is 18.8 Å². The van der Waals surface area contributed by atoms with Crippen LogP contribution in [0.15, 0.2) is 0 Å². The van der Waals surface area contributed by atoms with Crippen LogP contribution < -0.4 is 5.32 Å². The van der Waals surface area contributed by atoms with Crippen molar-refractivity contribution in [1.29, 1.82) is 0 Å². The molecule has 0 aliphatic rings. The number of unbranched alkanes of at least 4 members (excludes halogenated alkanes) is 2. The number of carboxylic acid groups (broad SMARTS) is 1. The van der Waals surface area contributed by atoms with E-state index in [0.29, 0.717) is 6.42 Å². The molecule has 7 heteroatoms. The first-order valence-electron chi connectivity index (χ1n) is 6.90. The van der Waals surface area contributed by atoms with Gasteiger partial charge in [-0.3, -0.25) is 4.79 Å². The molecule has 118 valence electrons. The fourth-order valence-corrected chi connectivity index (χ4v) is 3.04. The normalized spacial score (nSPS) is 13.2. The molecule has 0 unspecified atom stereocenters. The molecule has 0 spiro atoms. The third kappa shape index (κ3) is 8.90. The Bertz CT molecular complexity index is 416. The van der Waals surface area contributed by atoms with E-state index in [-0.39, 0.29) is 18.1 Å². The highest BCUT2D eigenvalue weighted by Gasteiger charge is 2.24. The highest BCUT2D eigenvalue weighted by molar-refractivity contribution is 7.92. The number of aliphatic carboxylic acids is 1. The Hall–Kier alpha value is -1.11. The summed E-state index contributed by atoms with van der Waals surface area (Å²) in [6.07, 6.45) is 2.50. The molecule has 0 radical (unpaired) electrons. The molecule has 20 heavy (non-hydrogen) atoms. The van der Waals surface area contributed by atoms with Crippen molar-refractivity contribution in [1.82, 2.24) is 5.32 Å². The zero-order chi connectivity index (χ0) is 15.8. The topological polar surface area (TPSA) is 101 Å². The van der Waals surface area contributed by atoms with Gasteiger partial charge >= 0.3 is 5.97 Å². The van der Waals surface area contributed by atoms with Crippen LogP contribution in [0, 0.1) is 5.92 Å². The lowest BCUT2D eigenvalue weighted by molar-refractivity contribution is -0.141. The number of nitrogens with one attached hydrogen (secondary N) is 1. The fourth-order valence-electron chi connectivity index (χ4n) is 1.77. The number of carboxylic acids is 1. The smallest absolute Gasteiger partial charge is 0.326 e. The Morgan fingerprint density at radius 1 is 1.20 bits per heavy atom. The number of carbonyl (C=O) groups is 2. The summed E-state index contributed by atoms with van der Waals surface area (Å²) < 4.78 is 23.4. The zero-order valence-electron chi connectivity index (χ0n) is 12.4. The third-order valence-electron chi connectivity index (χ3n) is 2.75. The molecule has 0 rings (SSSR count). The molecule has 0 aromatic heterocycles. The molecule has 0 saturated carbocycles. The molecule has 6 nitrogen and oxygen atoms in total. The van der Waals surface area contributed by atoms with Crippen LogP contribution in [0.5, 0.6) is 0 Å². The summed E-state index contributed by atoms with van der Waals surface area (Å²) in [5, 5.41) is 11.3. The van der Waals surface area contributed by atoms with Gasteiger partial charge in [0.15, 0.2) is 9.84 Å². The maximum atomic E-state index is 11.7. The van der Waals surface area contributed by atoms with E-state index in [1.165, 1.54) is 0 Å². The number of rotatable bonds is 10. The second-order valence-corrected chi connectivity index (χ2v) is 7.57. The lowest BCUT2D eigenvalue weighted by Gasteiger charge is -2.16. The van der Waals surface area contributed by atoms with E-state index < -0.39 is 33.5 Å². The van der Waals surface area contributed by atoms with Crippen molar-refractivity contribution in [3.05, 3.63) is 0 Å². The van der Waals surface area contributed by atoms with E-state index in [1.54, 1.807) is 0 Å². The highest BCUT2D eigenvalue weighted by atomic mass is 32.2. The van der Waals surface area contributed by atoms with Crippen molar-refractivity contribution in [3.63, 3.8) is 0 Å². The van der Waals surface area contributed by atoms with Crippen LogP contribution in [0.3, 0.4) is 0 Å². The van der Waals surface area contributed by atoms with E-state index in [2.05, 4.69) is 5.32 Å². The molecule has 0 heterocycles. The van der Waals surface area contributed by atoms with Crippen molar-refractivity contribution in [3.8, 4) is 0 Å². The third-order valence-corrected chi connectivity index (χ3v) is 4.36. The van der Waals surface area contributed by atoms with Crippen LogP contribution in [0.4, 0.5) is 0 Å². The van der Waals surface area contributed by atoms with E-state index in [9.17, 15) is 18.0 Å². The Kier molecular flexibility index (Phi) is 8.45. The summed E-state index contributed by atoms with van der Waals surface area (Å²) in [6, 6.07) is -1.03. The van der Waals surface area contributed by atoms with Gasteiger partial charge in [-0.1, -0.05) is 33.6 Å². The maximum Gasteiger partial charge on any atom is 0.326 e. The number of hydrogen-bond donors (Lipinski definition) is 2. The number of hydrogen-bond acceptors (Lipinski definition) is 4. The number of carbonyl (C=O) groups excluding carboxylic acids is 1. The Labute approximate surface area is 120 Å². The summed E-state index contributed by atoms with van der Waals surface area (Å²) in [4.78, 5) is 22.6. The van der Waals surface area contributed by atoms with Gasteiger partial charge in [0.2, 0.25) is 5.91 Å². The highest BCUT2D eigenvalue weighted by Crippen LogP contribution is 2.06. The van der Waals surface area contributed by atoms with Gasteiger partial charge in [-0.15, -0.1) is 0 Å². The number of amides is 1. The SMILES string of the molecule is CCCCCS(=O)(=O)CC(=O)N[C@H](CC(C)C)C(=O)O. The van der Waals surface area contributed by atoms with Crippen LogP contribution in [0.1, 0.15) is 46.5 Å². The van der Waals surface area contributed by atoms with Gasteiger partial charge in [-0.2, -0.15) is 0 Å². The lowest BCUT2D eigenvalue weighted by atomic mass is 10.0. The minimum atomic E-state index is -3.46. The average Bonchev–Trinajstić information content (AvgIpc) is 2.26. The van der Waals surface area contributed by atoms with Gasteiger partial charge in [0.05, 0.1) is 5.75 Å². The molecule has 0 aromatic rings. The molecular weight excluding hydrogens is 282 g/mol. The molecule has 0 aromatic carbocycles. The van der Waals surface area contributed by atoms with Gasteiger partial charge in [0.25, 0.3) is 0 Å². The van der Waals surface area contributed by atoms with Crippen LogP contribution in [-0.2, 0) is 19.4 Å². The van der Waals surface area contributed by atoms with Crippen molar-refractivity contribution in [2.24, 2.45) is 5.92 Å². The minimum Gasteiger partial charge on any atom is -0.480 e. The second-order valence-electron chi connectivity index (χ2n) is 5.39. The van der Waals surface area contributed by atoms with Crippen molar-refractivity contribution >= 4 is 21.7 Å². The van der Waals surface area contributed by atoms with E-state index >= 15 is 0 Å². The molecule has 0 aliphatic heterocycles. The maximum absolute atomic E-state index is 11.7. The summed E-state index contributed by atoms with van der Waals surface area (Å²) in [5.41, 5.74) is 0. The second kappa shape index (κ2) is 8.94. The van der Waals surface area contributed by atoms with Crippen molar-refractivity contribution < 1.29 is 23.1 Å². The van der Waals surface area contributed by atoms with Crippen LogP contribution in [0.2, 0.25) is 0 Å². The first-order valence-corrected chi connectivity index (χ1v) is 8.72. The predicted molar refractivity (Wildman–Crippen MR) is 77.2 cm³/mol. The largest absolute Gasteiger partial charge is 0.480 e. The summed E-state index contributed by atoms with van der Waals surface area (Å²) in [7, 11) is -3.46. The summed E-state index contributed by atoms with van der Waals surface area (Å²) in [5.74, 6) is -2.46. The predicted octanol–water partition coefficient (Wildman–Crippen LogP) is 1.21. The average molecular weight is 307 g/mol. The van der Waals surface area contributed by atoms with Crippen LogP contribution in [0.25, 0.3) is 0 Å². The van der Waals surface area contributed by atoms with Gasteiger partial charge in [0, 0.05) is 0 Å². The monoisotopic (exact) mass is 307 g/mol. The summed E-state index contributed by atoms with van der Waals surface area (Å²) in [6.45, 7) is 5.63. The van der Waals surface area contributed by atoms with Crippen LogP contribution in [-0.4, -0.2) is 42.9 Å². The molecular formula is C13H25NO5S. The molecule has 1 amide bonds. The molecule has 2 N–H and O–H groups in total. The minimum absolute atomic E-state index is 0.0316. The zero-order valence-corrected chi connectivity index (χ0v) is 13.2. The van der Waals surface area contributed by atoms with Crippen molar-refractivity contribution in [2.45, 2.75) is 52.5 Å². The fraction of sp³-hybridized carbons (Fsp3) is 0.846. The van der Waals surface area contributed by atoms with Gasteiger partial charge in [-0.25, -0.2) is 13.2 Å². The Morgan fingerprint density at radius 2 is 1.80 bits per heavy atom. The molecule has 0 bridgehead atoms. The molecule has 0 aliphatic carbocycles. The molecule has 0 fully saturated rings. The van der Waals surface area contributed by atoms with E-state index in [0.717, 1.165) is 12.8 Å². The van der Waals surface area contributed by atoms with Gasteiger partial charge < -0.3 is 10.4 Å². The molecule has 0 saturated heterocycles. The first-order chi connectivity index (χ1) is 9.18. The number of sulfone groups is 1. The Morgan fingerprint density at radius 3 is 2.25 bits per heavy atom. The van der Waals surface area contributed by atoms with Crippen molar-refractivity contribution in [2.75, 3.05) is 11.5 Å². The standard InChI is InChI=1S/C13H25NO5S/c1-4-5-6-7-20(18,19)9-12(15)14-11(13(16)17)8-10(2)3/h10-11H,4-9H2,1-3H3,(H,14,15)(H,16,17)/t11-/m1/s1. The summed E-state index contributed by atoms with van der Waals surface area (Å²) >= 11 is 0. The van der Waals surface area contributed by atoms with Gasteiger partial charge in [0.1, 0.15) is 11.8 Å². The Balaban J connectivity index is 4.41. The molecule has 1 atom stereocenters. The van der Waals surface area contributed by atoms with Crippen LogP contribution >= 0.6 is 0 Å².